The molecule has 0 amide bonds. The molecule has 0 saturated carbocycles. The molecule has 1 heteroatoms. The maximum atomic E-state index is 10.1. The maximum Gasteiger partial charge on any atom is 0.124 e. The lowest BCUT2D eigenvalue weighted by atomic mass is 9.95. The van der Waals surface area contributed by atoms with Gasteiger partial charge in [0.25, 0.3) is 0 Å². The van der Waals surface area contributed by atoms with E-state index in [0.29, 0.717) is 0 Å². The van der Waals surface area contributed by atoms with E-state index in [0.717, 1.165) is 37.5 Å². The van der Waals surface area contributed by atoms with Gasteiger partial charge in [-0.2, -0.15) is 0 Å². The van der Waals surface area contributed by atoms with Gasteiger partial charge in [-0.3, -0.25) is 0 Å². The molecule has 3 rings (SSSR count). The lowest BCUT2D eigenvalue weighted by Gasteiger charge is -2.09. The monoisotopic (exact) mass is 234 g/mol. The summed E-state index contributed by atoms with van der Waals surface area (Å²) in [5, 5.41) is 15.9. The van der Waals surface area contributed by atoms with Crippen molar-refractivity contribution in [2.24, 2.45) is 0 Å². The van der Waals surface area contributed by atoms with Gasteiger partial charge in [0.15, 0.2) is 0 Å². The van der Waals surface area contributed by atoms with Gasteiger partial charge in [-0.25, -0.2) is 0 Å². The normalized spacial score (nSPS) is 11.2. The molecule has 0 aliphatic rings. The number of aromatic hydroxyl groups is 1. The SMILES string of the molecule is C=c1c2ccccc2c(=C)c2c(O)ccc(C)c12. The Kier molecular flexibility index (Phi) is 2.17. The van der Waals surface area contributed by atoms with E-state index in [9.17, 15) is 5.11 Å². The van der Waals surface area contributed by atoms with Crippen LogP contribution in [0.2, 0.25) is 0 Å². The molecule has 0 saturated heterocycles. The van der Waals surface area contributed by atoms with Crippen molar-refractivity contribution in [3.63, 3.8) is 0 Å². The van der Waals surface area contributed by atoms with Crippen LogP contribution in [0.25, 0.3) is 34.7 Å². The third-order valence-electron chi connectivity index (χ3n) is 3.57. The van der Waals surface area contributed by atoms with Crippen LogP contribution in [0.1, 0.15) is 5.56 Å². The van der Waals surface area contributed by atoms with Crippen molar-refractivity contribution in [1.82, 2.24) is 0 Å². The molecule has 0 aromatic heterocycles. The van der Waals surface area contributed by atoms with E-state index in [4.69, 9.17) is 0 Å². The van der Waals surface area contributed by atoms with E-state index in [1.54, 1.807) is 6.07 Å². The van der Waals surface area contributed by atoms with Crippen molar-refractivity contribution in [2.75, 3.05) is 0 Å². The summed E-state index contributed by atoms with van der Waals surface area (Å²) in [4.78, 5) is 0. The van der Waals surface area contributed by atoms with Gasteiger partial charge in [-0.15, -0.1) is 0 Å². The second kappa shape index (κ2) is 3.61. The minimum atomic E-state index is 0.274. The van der Waals surface area contributed by atoms with Crippen LogP contribution in [0.3, 0.4) is 0 Å². The third kappa shape index (κ3) is 1.28. The van der Waals surface area contributed by atoms with Crippen LogP contribution in [0, 0.1) is 6.92 Å². The van der Waals surface area contributed by atoms with Crippen molar-refractivity contribution in [1.29, 1.82) is 0 Å². The minimum Gasteiger partial charge on any atom is -0.507 e. The first-order valence-electron chi connectivity index (χ1n) is 5.92. The molecular formula is C17H14O. The van der Waals surface area contributed by atoms with Gasteiger partial charge in [0.2, 0.25) is 0 Å². The first-order valence-corrected chi connectivity index (χ1v) is 5.92. The highest BCUT2D eigenvalue weighted by molar-refractivity contribution is 6.03. The summed E-state index contributed by atoms with van der Waals surface area (Å²) in [6.45, 7) is 10.3. The summed E-state index contributed by atoms with van der Waals surface area (Å²) in [6, 6.07) is 11.7. The Morgan fingerprint density at radius 2 is 1.39 bits per heavy atom. The van der Waals surface area contributed by atoms with Crippen LogP contribution < -0.4 is 10.4 Å². The molecule has 0 bridgehead atoms. The van der Waals surface area contributed by atoms with Gasteiger partial charge in [0, 0.05) is 5.39 Å². The Bertz CT molecular complexity index is 802. The molecular weight excluding hydrogens is 220 g/mol. The number of aryl methyl sites for hydroxylation is 1. The fraction of sp³-hybridized carbons (Fsp3) is 0.0588. The molecule has 0 unspecified atom stereocenters. The second-order valence-electron chi connectivity index (χ2n) is 4.65. The van der Waals surface area contributed by atoms with Crippen LogP contribution in [-0.4, -0.2) is 5.11 Å². The van der Waals surface area contributed by atoms with Gasteiger partial charge in [0.1, 0.15) is 5.75 Å². The molecule has 0 atom stereocenters. The zero-order valence-electron chi connectivity index (χ0n) is 10.3. The molecule has 3 aromatic rings. The van der Waals surface area contributed by atoms with Crippen molar-refractivity contribution in [2.45, 2.75) is 6.92 Å². The molecule has 0 aliphatic heterocycles. The van der Waals surface area contributed by atoms with Crippen molar-refractivity contribution >= 4 is 34.7 Å². The second-order valence-corrected chi connectivity index (χ2v) is 4.65. The summed E-state index contributed by atoms with van der Waals surface area (Å²) < 4.78 is 0. The first-order chi connectivity index (χ1) is 8.61. The zero-order chi connectivity index (χ0) is 12.9. The van der Waals surface area contributed by atoms with Crippen molar-refractivity contribution in [3.8, 4) is 5.75 Å². The van der Waals surface area contributed by atoms with Crippen molar-refractivity contribution in [3.05, 3.63) is 52.4 Å². The zero-order valence-corrected chi connectivity index (χ0v) is 10.3. The fourth-order valence-corrected chi connectivity index (χ4v) is 2.67. The fourth-order valence-electron chi connectivity index (χ4n) is 2.67. The topological polar surface area (TPSA) is 20.2 Å². The number of phenols is 1. The molecule has 3 aromatic carbocycles. The summed E-state index contributed by atoms with van der Waals surface area (Å²) in [7, 11) is 0. The van der Waals surface area contributed by atoms with E-state index < -0.39 is 0 Å². The average molecular weight is 234 g/mol. The van der Waals surface area contributed by atoms with Crippen LogP contribution in [0.5, 0.6) is 5.75 Å². The minimum absolute atomic E-state index is 0.274. The lowest BCUT2D eigenvalue weighted by Crippen LogP contribution is -2.13. The molecule has 1 nitrogen and oxygen atoms in total. The summed E-state index contributed by atoms with van der Waals surface area (Å²) >= 11 is 0. The largest absolute Gasteiger partial charge is 0.507 e. The highest BCUT2D eigenvalue weighted by atomic mass is 16.3. The third-order valence-corrected chi connectivity index (χ3v) is 3.57. The Hall–Kier alpha value is -2.28. The van der Waals surface area contributed by atoms with Crippen LogP contribution >= 0.6 is 0 Å². The Labute approximate surface area is 105 Å². The number of hydrogen-bond donors (Lipinski definition) is 1. The maximum absolute atomic E-state index is 10.1. The molecule has 18 heavy (non-hydrogen) atoms. The molecule has 0 radical (unpaired) electrons. The standard InChI is InChI=1S/C17H14O/c1-10-8-9-15(18)17-12(3)14-7-5-4-6-13(14)11(2)16(10)17/h4-9,18H,2-3H2,1H3. The van der Waals surface area contributed by atoms with Crippen LogP contribution in [0.4, 0.5) is 0 Å². The summed E-state index contributed by atoms with van der Waals surface area (Å²) in [5.74, 6) is 0.274. The van der Waals surface area contributed by atoms with Gasteiger partial charge < -0.3 is 5.11 Å². The highest BCUT2D eigenvalue weighted by Gasteiger charge is 2.08. The van der Waals surface area contributed by atoms with E-state index in [1.165, 1.54) is 0 Å². The molecule has 0 aliphatic carbocycles. The number of fused-ring (bicyclic) bond motifs is 2. The quantitative estimate of drug-likeness (QED) is 0.593. The van der Waals surface area contributed by atoms with Crippen molar-refractivity contribution < 1.29 is 5.11 Å². The molecule has 88 valence electrons. The van der Waals surface area contributed by atoms with Crippen LogP contribution in [0.15, 0.2) is 36.4 Å². The van der Waals surface area contributed by atoms with Crippen LogP contribution in [-0.2, 0) is 0 Å². The first kappa shape index (κ1) is 10.8. The summed E-state index contributed by atoms with van der Waals surface area (Å²) in [5.41, 5.74) is 1.11. The number of rotatable bonds is 0. The number of phenolic OH excluding ortho intramolecular Hbond substituents is 1. The molecule has 0 fully saturated rings. The molecule has 1 N–H and O–H groups in total. The molecule has 0 heterocycles. The van der Waals surface area contributed by atoms with E-state index in [2.05, 4.69) is 19.2 Å². The van der Waals surface area contributed by atoms with E-state index in [1.807, 2.05) is 31.2 Å². The average Bonchev–Trinajstić information content (AvgIpc) is 2.38. The number of benzene rings is 3. The Balaban J connectivity index is 2.82. The Morgan fingerprint density at radius 1 is 0.833 bits per heavy atom. The van der Waals surface area contributed by atoms with Gasteiger partial charge >= 0.3 is 0 Å². The Morgan fingerprint density at radius 3 is 2.00 bits per heavy atom. The van der Waals surface area contributed by atoms with E-state index in [-0.39, 0.29) is 5.75 Å². The molecule has 0 spiro atoms. The van der Waals surface area contributed by atoms with Gasteiger partial charge in [-0.1, -0.05) is 43.5 Å². The smallest absolute Gasteiger partial charge is 0.124 e. The predicted octanol–water partition coefficient (Wildman–Crippen LogP) is 2.83. The van der Waals surface area contributed by atoms with Gasteiger partial charge in [-0.05, 0) is 45.1 Å². The summed E-state index contributed by atoms with van der Waals surface area (Å²) in [6.07, 6.45) is 0. The van der Waals surface area contributed by atoms with E-state index >= 15 is 0 Å². The predicted molar refractivity (Wildman–Crippen MR) is 78.1 cm³/mol. The van der Waals surface area contributed by atoms with Gasteiger partial charge in [0.05, 0.1) is 0 Å². The number of hydrogen-bond acceptors (Lipinski definition) is 1. The highest BCUT2D eigenvalue weighted by Crippen LogP contribution is 2.24. The lowest BCUT2D eigenvalue weighted by molar-refractivity contribution is 0.481.